The van der Waals surface area contributed by atoms with Gasteiger partial charge in [0.2, 0.25) is 5.16 Å². The summed E-state index contributed by atoms with van der Waals surface area (Å²) in [6.45, 7) is 3.90. The molecular weight excluding hydrogens is 344 g/mol. The van der Waals surface area contributed by atoms with Gasteiger partial charge in [0.05, 0.1) is 25.3 Å². The van der Waals surface area contributed by atoms with Crippen LogP contribution in [0.15, 0.2) is 29.4 Å². The van der Waals surface area contributed by atoms with Crippen LogP contribution in [0.2, 0.25) is 0 Å². The molecule has 1 aromatic carbocycles. The monoisotopic (exact) mass is 362 g/mol. The zero-order valence-corrected chi connectivity index (χ0v) is 14.9. The molecule has 0 spiro atoms. The van der Waals surface area contributed by atoms with E-state index in [1.54, 1.807) is 35.9 Å². The normalized spacial score (nSPS) is 18.8. The van der Waals surface area contributed by atoms with Crippen LogP contribution >= 0.6 is 11.8 Å². The summed E-state index contributed by atoms with van der Waals surface area (Å²) >= 11 is 1.30. The molecule has 2 atom stereocenters. The average Bonchev–Trinajstić information content (AvgIpc) is 3.00. The van der Waals surface area contributed by atoms with Gasteiger partial charge >= 0.3 is 11.9 Å². The van der Waals surface area contributed by atoms with Crippen molar-refractivity contribution in [2.75, 3.05) is 19.1 Å². The van der Waals surface area contributed by atoms with E-state index in [1.807, 2.05) is 6.92 Å². The molecule has 0 fully saturated rings. The summed E-state index contributed by atoms with van der Waals surface area (Å²) < 4.78 is 11.7. The van der Waals surface area contributed by atoms with Crippen LogP contribution in [0.5, 0.6) is 0 Å². The van der Waals surface area contributed by atoms with Crippen molar-refractivity contribution in [2.24, 2.45) is 0 Å². The van der Waals surface area contributed by atoms with Crippen LogP contribution in [0.4, 0.5) is 0 Å². The number of nitrogens with zero attached hydrogens (tertiary/aromatic N) is 3. The summed E-state index contributed by atoms with van der Waals surface area (Å²) in [5.74, 6) is -0.0358. The average molecular weight is 362 g/mol. The predicted octanol–water partition coefficient (Wildman–Crippen LogP) is 1.70. The SMILES string of the molecule is CCOC(=O)[C@H]1Sc2nnc(C)n2N[C@H]1c1ccc(C(=O)OC)cc1. The minimum Gasteiger partial charge on any atom is -0.465 e. The topological polar surface area (TPSA) is 95.3 Å². The number of carbonyl (C=O) groups excluding carboxylic acids is 2. The second kappa shape index (κ2) is 7.14. The minimum absolute atomic E-state index is 0.301. The van der Waals surface area contributed by atoms with Crippen molar-refractivity contribution in [1.29, 1.82) is 0 Å². The largest absolute Gasteiger partial charge is 0.465 e. The lowest BCUT2D eigenvalue weighted by molar-refractivity contribution is -0.142. The fourth-order valence-corrected chi connectivity index (χ4v) is 3.68. The number of hydrogen-bond acceptors (Lipinski definition) is 8. The van der Waals surface area contributed by atoms with E-state index in [0.29, 0.717) is 23.2 Å². The summed E-state index contributed by atoms with van der Waals surface area (Å²) in [6.07, 6.45) is 0. The molecule has 0 radical (unpaired) electrons. The van der Waals surface area contributed by atoms with Gasteiger partial charge in [-0.05, 0) is 31.5 Å². The van der Waals surface area contributed by atoms with Gasteiger partial charge in [0.1, 0.15) is 11.1 Å². The summed E-state index contributed by atoms with van der Waals surface area (Å²) in [5, 5.41) is 8.20. The molecule has 1 aliphatic rings. The number of aryl methyl sites for hydroxylation is 1. The van der Waals surface area contributed by atoms with Gasteiger partial charge in [-0.3, -0.25) is 4.79 Å². The first-order chi connectivity index (χ1) is 12.0. The third kappa shape index (κ3) is 3.32. The molecule has 0 aliphatic carbocycles. The number of fused-ring (bicyclic) bond motifs is 1. The Kier molecular flexibility index (Phi) is 4.93. The Morgan fingerprint density at radius 1 is 1.28 bits per heavy atom. The Morgan fingerprint density at radius 3 is 2.64 bits per heavy atom. The first-order valence-electron chi connectivity index (χ1n) is 7.75. The van der Waals surface area contributed by atoms with Crippen LogP contribution in [-0.2, 0) is 14.3 Å². The Hall–Kier alpha value is -2.55. The van der Waals surface area contributed by atoms with Crippen molar-refractivity contribution >= 4 is 23.7 Å². The number of hydrogen-bond donors (Lipinski definition) is 1. The van der Waals surface area contributed by atoms with E-state index in [-0.39, 0.29) is 12.0 Å². The first kappa shape index (κ1) is 17.3. The number of thioether (sulfide) groups is 1. The summed E-state index contributed by atoms with van der Waals surface area (Å²) in [6, 6.07) is 6.58. The van der Waals surface area contributed by atoms with Crippen LogP contribution in [0.3, 0.4) is 0 Å². The number of rotatable bonds is 4. The molecule has 0 amide bonds. The number of methoxy groups -OCH3 is 1. The van der Waals surface area contributed by atoms with Crippen LogP contribution in [0, 0.1) is 6.92 Å². The quantitative estimate of drug-likeness (QED) is 0.821. The van der Waals surface area contributed by atoms with Crippen LogP contribution in [0.25, 0.3) is 0 Å². The zero-order chi connectivity index (χ0) is 18.0. The second-order valence-corrected chi connectivity index (χ2v) is 6.48. The Balaban J connectivity index is 1.94. The highest BCUT2D eigenvalue weighted by atomic mass is 32.2. The molecule has 25 heavy (non-hydrogen) atoms. The van der Waals surface area contributed by atoms with Gasteiger partial charge in [-0.25, -0.2) is 9.47 Å². The highest BCUT2D eigenvalue weighted by molar-refractivity contribution is 8.00. The van der Waals surface area contributed by atoms with Crippen LogP contribution in [0.1, 0.15) is 34.7 Å². The molecule has 2 heterocycles. The third-order valence-electron chi connectivity index (χ3n) is 3.81. The van der Waals surface area contributed by atoms with Crippen LogP contribution in [-0.4, -0.2) is 45.8 Å². The zero-order valence-electron chi connectivity index (χ0n) is 14.1. The lowest BCUT2D eigenvalue weighted by Gasteiger charge is -2.32. The van der Waals surface area contributed by atoms with Crippen molar-refractivity contribution in [3.8, 4) is 0 Å². The lowest BCUT2D eigenvalue weighted by Crippen LogP contribution is -2.39. The first-order valence-corrected chi connectivity index (χ1v) is 8.63. The molecule has 0 saturated heterocycles. The molecular formula is C16H18N4O4S. The Bertz CT molecular complexity index is 790. The van der Waals surface area contributed by atoms with Crippen molar-refractivity contribution in [3.63, 3.8) is 0 Å². The van der Waals surface area contributed by atoms with Gasteiger partial charge in [0.15, 0.2) is 0 Å². The van der Waals surface area contributed by atoms with E-state index < -0.39 is 11.2 Å². The number of carbonyl (C=O) groups is 2. The number of benzene rings is 1. The number of ether oxygens (including phenoxy) is 2. The third-order valence-corrected chi connectivity index (χ3v) is 5.00. The highest BCUT2D eigenvalue weighted by Gasteiger charge is 2.38. The van der Waals surface area contributed by atoms with E-state index in [4.69, 9.17) is 9.47 Å². The van der Waals surface area contributed by atoms with Gasteiger partial charge in [-0.15, -0.1) is 10.2 Å². The maximum absolute atomic E-state index is 12.4. The fraction of sp³-hybridized carbons (Fsp3) is 0.375. The highest BCUT2D eigenvalue weighted by Crippen LogP contribution is 2.37. The van der Waals surface area contributed by atoms with E-state index in [1.165, 1.54) is 18.9 Å². The molecule has 3 rings (SSSR count). The maximum atomic E-state index is 12.4. The standard InChI is InChI=1S/C16H18N4O4S/c1-4-24-15(22)13-12(19-20-9(2)17-18-16(20)25-13)10-5-7-11(8-6-10)14(21)23-3/h5-8,12-13,19H,4H2,1-3H3/t12-,13-/m0/s1. The van der Waals surface area contributed by atoms with E-state index in [9.17, 15) is 9.59 Å². The molecule has 0 unspecified atom stereocenters. The van der Waals surface area contributed by atoms with E-state index >= 15 is 0 Å². The fourth-order valence-electron chi connectivity index (χ4n) is 2.56. The van der Waals surface area contributed by atoms with Crippen LogP contribution < -0.4 is 5.43 Å². The van der Waals surface area contributed by atoms with Gasteiger partial charge in [0.25, 0.3) is 0 Å². The number of esters is 2. The Morgan fingerprint density at radius 2 is 2.00 bits per heavy atom. The molecule has 9 heteroatoms. The molecule has 0 bridgehead atoms. The van der Waals surface area contributed by atoms with E-state index in [2.05, 4.69) is 15.6 Å². The predicted molar refractivity (Wildman–Crippen MR) is 90.9 cm³/mol. The van der Waals surface area contributed by atoms with Crippen molar-refractivity contribution in [2.45, 2.75) is 30.3 Å². The minimum atomic E-state index is -0.514. The van der Waals surface area contributed by atoms with Gasteiger partial charge in [-0.1, -0.05) is 23.9 Å². The number of aromatic nitrogens is 3. The number of nitrogens with one attached hydrogen (secondary N) is 1. The van der Waals surface area contributed by atoms with Crippen molar-refractivity contribution in [1.82, 2.24) is 14.9 Å². The Labute approximate surface area is 148 Å². The van der Waals surface area contributed by atoms with Gasteiger partial charge in [-0.2, -0.15) is 0 Å². The molecule has 0 saturated carbocycles. The molecule has 1 N–H and O–H groups in total. The van der Waals surface area contributed by atoms with E-state index in [0.717, 1.165) is 5.56 Å². The molecule has 1 aliphatic heterocycles. The smallest absolute Gasteiger partial charge is 0.337 e. The molecule has 2 aromatic rings. The summed E-state index contributed by atoms with van der Waals surface area (Å²) in [5.41, 5.74) is 4.56. The maximum Gasteiger partial charge on any atom is 0.337 e. The van der Waals surface area contributed by atoms with Gasteiger partial charge < -0.3 is 14.9 Å². The molecule has 8 nitrogen and oxygen atoms in total. The summed E-state index contributed by atoms with van der Waals surface area (Å²) in [4.78, 5) is 24.0. The summed E-state index contributed by atoms with van der Waals surface area (Å²) in [7, 11) is 1.34. The lowest BCUT2D eigenvalue weighted by atomic mass is 10.0. The molecule has 132 valence electrons. The van der Waals surface area contributed by atoms with Crippen molar-refractivity contribution in [3.05, 3.63) is 41.2 Å². The second-order valence-electron chi connectivity index (χ2n) is 5.38. The van der Waals surface area contributed by atoms with Crippen molar-refractivity contribution < 1.29 is 19.1 Å². The van der Waals surface area contributed by atoms with Gasteiger partial charge in [0, 0.05) is 0 Å². The molecule has 1 aromatic heterocycles.